The first kappa shape index (κ1) is 55.8. The van der Waals surface area contributed by atoms with Crippen LogP contribution in [-0.2, 0) is 19.2 Å². The minimum absolute atomic E-state index is 0.0660. The maximum atomic E-state index is 13.5. The number of carbonyl (C=O) groups is 4. The molecule has 0 heterocycles. The monoisotopic (exact) mass is 821 g/mol. The van der Waals surface area contributed by atoms with Crippen molar-refractivity contribution < 1.29 is 19.2 Å². The van der Waals surface area contributed by atoms with E-state index in [9.17, 15) is 19.2 Å². The normalized spacial score (nSPS) is 11.7. The summed E-state index contributed by atoms with van der Waals surface area (Å²) in [6.45, 7) is 6.06. The molecule has 0 unspecified atom stereocenters. The molecular formula is C48H96N6O4. The van der Waals surface area contributed by atoms with Gasteiger partial charge in [-0.15, -0.1) is 0 Å². The Morgan fingerprint density at radius 3 is 1.12 bits per heavy atom. The Hall–Kier alpha value is -2.20. The highest BCUT2D eigenvalue weighted by atomic mass is 16.2. The van der Waals surface area contributed by atoms with Gasteiger partial charge in [-0.2, -0.15) is 0 Å². The van der Waals surface area contributed by atoms with Gasteiger partial charge in [-0.1, -0.05) is 206 Å². The van der Waals surface area contributed by atoms with Crippen LogP contribution in [0.2, 0.25) is 0 Å². The smallest absolute Gasteiger partial charge is 0.243 e. The number of nitrogens with two attached hydrogens (primary N) is 2. The molecule has 0 aromatic carbocycles. The van der Waals surface area contributed by atoms with E-state index in [0.717, 1.165) is 25.7 Å². The fourth-order valence-corrected chi connectivity index (χ4v) is 7.76. The Morgan fingerprint density at radius 2 is 0.776 bits per heavy atom. The largest absolute Gasteiger partial charge is 0.355 e. The van der Waals surface area contributed by atoms with Crippen molar-refractivity contribution in [2.24, 2.45) is 11.5 Å². The molecule has 0 aliphatic carbocycles. The van der Waals surface area contributed by atoms with E-state index in [4.69, 9.17) is 11.5 Å². The van der Waals surface area contributed by atoms with Crippen LogP contribution in [-0.4, -0.2) is 73.8 Å². The average Bonchev–Trinajstić information content (AvgIpc) is 3.23. The summed E-state index contributed by atoms with van der Waals surface area (Å²) in [5.74, 6) is -1.10. The van der Waals surface area contributed by atoms with Crippen LogP contribution in [0.5, 0.6) is 0 Å². The Kier molecular flexibility index (Phi) is 42.7. The summed E-state index contributed by atoms with van der Waals surface area (Å²) in [4.78, 5) is 52.1. The fourth-order valence-electron chi connectivity index (χ4n) is 7.76. The molecule has 0 radical (unpaired) electrons. The van der Waals surface area contributed by atoms with Gasteiger partial charge >= 0.3 is 0 Å². The maximum Gasteiger partial charge on any atom is 0.243 e. The molecule has 0 aromatic rings. The molecule has 4 amide bonds. The van der Waals surface area contributed by atoms with Crippen LogP contribution >= 0.6 is 0 Å². The van der Waals surface area contributed by atoms with Crippen LogP contribution in [0.25, 0.3) is 0 Å². The number of nitrogens with zero attached hydrogens (tertiary/aromatic N) is 1. The number of nitrogens with one attached hydrogen (secondary N) is 3. The second-order valence-electron chi connectivity index (χ2n) is 17.1. The molecule has 0 saturated carbocycles. The van der Waals surface area contributed by atoms with Crippen molar-refractivity contribution in [2.45, 2.75) is 245 Å². The van der Waals surface area contributed by atoms with Crippen molar-refractivity contribution in [2.75, 3.05) is 39.3 Å². The van der Waals surface area contributed by atoms with Crippen LogP contribution in [0, 0.1) is 0 Å². The first-order valence-corrected chi connectivity index (χ1v) is 24.9. The molecular weight excluding hydrogens is 725 g/mol. The van der Waals surface area contributed by atoms with Crippen molar-refractivity contribution in [1.29, 1.82) is 0 Å². The molecule has 0 saturated heterocycles. The molecule has 0 aliphatic heterocycles. The van der Waals surface area contributed by atoms with E-state index in [1.54, 1.807) is 0 Å². The molecule has 10 heteroatoms. The van der Waals surface area contributed by atoms with Gasteiger partial charge in [0.15, 0.2) is 0 Å². The van der Waals surface area contributed by atoms with Gasteiger partial charge in [-0.25, -0.2) is 0 Å². The van der Waals surface area contributed by atoms with E-state index < -0.39 is 11.9 Å². The highest BCUT2D eigenvalue weighted by molar-refractivity contribution is 5.90. The van der Waals surface area contributed by atoms with Crippen molar-refractivity contribution in [3.63, 3.8) is 0 Å². The second kappa shape index (κ2) is 44.4. The molecule has 0 fully saturated rings. The maximum absolute atomic E-state index is 13.5. The molecule has 0 rings (SSSR count). The molecule has 342 valence electrons. The van der Waals surface area contributed by atoms with Crippen molar-refractivity contribution >= 4 is 23.6 Å². The number of hydrogen-bond donors (Lipinski definition) is 5. The summed E-state index contributed by atoms with van der Waals surface area (Å²) in [6, 6.07) is -0.789. The zero-order valence-electron chi connectivity index (χ0n) is 38.3. The summed E-state index contributed by atoms with van der Waals surface area (Å²) in [6.07, 6.45) is 43.7. The molecule has 0 bridgehead atoms. The Balaban J connectivity index is 4.61. The highest BCUT2D eigenvalue weighted by Gasteiger charge is 2.22. The lowest BCUT2D eigenvalue weighted by molar-refractivity contribution is -0.134. The molecule has 1 atom stereocenters. The summed E-state index contributed by atoms with van der Waals surface area (Å²) < 4.78 is 0. The Labute approximate surface area is 358 Å². The number of carbonyl (C=O) groups excluding carboxylic acids is 4. The zero-order chi connectivity index (χ0) is 42.6. The standard InChI is InChI=1S/C48H96N6O4/c1-3-5-7-9-11-13-15-17-19-21-23-25-27-29-31-35-39-54(40-36-32-30-28-26-24-22-20-18-16-14-12-10-8-6-4-2)47(57)43-52-48(58)44(53-46(56)42-50)37-33-34-38-51-45(55)41-49/h44H,3-43,49-50H2,1-2H3,(H,51,55)(H,52,58)(H,53,56)/t44-/m0/s1. The number of amides is 4. The Morgan fingerprint density at radius 1 is 0.431 bits per heavy atom. The quantitative estimate of drug-likeness (QED) is 0.0385. The van der Waals surface area contributed by atoms with Crippen LogP contribution in [0.4, 0.5) is 0 Å². The first-order chi connectivity index (χ1) is 28.4. The molecule has 7 N–H and O–H groups in total. The van der Waals surface area contributed by atoms with Gasteiger partial charge in [0.2, 0.25) is 23.6 Å². The van der Waals surface area contributed by atoms with Crippen LogP contribution in [0.1, 0.15) is 239 Å². The highest BCUT2D eigenvalue weighted by Crippen LogP contribution is 2.16. The number of rotatable bonds is 45. The van der Waals surface area contributed by atoms with Crippen molar-refractivity contribution in [3.8, 4) is 0 Å². The van der Waals surface area contributed by atoms with Gasteiger partial charge in [0, 0.05) is 19.6 Å². The van der Waals surface area contributed by atoms with Gasteiger partial charge in [0.25, 0.3) is 0 Å². The number of unbranched alkanes of at least 4 members (excludes halogenated alkanes) is 31. The molecule has 58 heavy (non-hydrogen) atoms. The van der Waals surface area contributed by atoms with Crippen LogP contribution in [0.3, 0.4) is 0 Å². The summed E-state index contributed by atoms with van der Waals surface area (Å²) in [5, 5.41) is 8.21. The van der Waals surface area contributed by atoms with E-state index in [1.165, 1.54) is 180 Å². The topological polar surface area (TPSA) is 160 Å². The van der Waals surface area contributed by atoms with E-state index in [2.05, 4.69) is 29.8 Å². The van der Waals surface area contributed by atoms with Gasteiger partial charge < -0.3 is 32.3 Å². The lowest BCUT2D eigenvalue weighted by Crippen LogP contribution is -2.50. The second-order valence-corrected chi connectivity index (χ2v) is 17.1. The predicted molar refractivity (Wildman–Crippen MR) is 246 cm³/mol. The Bertz CT molecular complexity index is 915. The van der Waals surface area contributed by atoms with Gasteiger partial charge in [-0.3, -0.25) is 19.2 Å². The van der Waals surface area contributed by atoms with Gasteiger partial charge in [0.1, 0.15) is 6.04 Å². The molecule has 10 nitrogen and oxygen atoms in total. The number of hydrogen-bond acceptors (Lipinski definition) is 6. The summed E-state index contributed by atoms with van der Waals surface area (Å²) >= 11 is 0. The van der Waals surface area contributed by atoms with E-state index in [-0.39, 0.29) is 37.4 Å². The zero-order valence-corrected chi connectivity index (χ0v) is 38.3. The van der Waals surface area contributed by atoms with Crippen LogP contribution < -0.4 is 27.4 Å². The first-order valence-electron chi connectivity index (χ1n) is 24.9. The van der Waals surface area contributed by atoms with E-state index in [1.807, 2.05) is 4.90 Å². The minimum atomic E-state index is -0.789. The minimum Gasteiger partial charge on any atom is -0.355 e. The van der Waals surface area contributed by atoms with Crippen molar-refractivity contribution in [3.05, 3.63) is 0 Å². The fraction of sp³-hybridized carbons (Fsp3) is 0.917. The third kappa shape index (κ3) is 38.0. The lowest BCUT2D eigenvalue weighted by Gasteiger charge is -2.24. The molecule has 0 aliphatic rings. The van der Waals surface area contributed by atoms with E-state index >= 15 is 0 Å². The van der Waals surface area contributed by atoms with E-state index in [0.29, 0.717) is 38.9 Å². The SMILES string of the molecule is CCCCCCCCCCCCCCCCCCN(CCCCCCCCCCCCCCCCCC)C(=O)CNC(=O)[C@H](CCCCNC(=O)CN)NC(=O)CN. The third-order valence-electron chi connectivity index (χ3n) is 11.6. The summed E-state index contributed by atoms with van der Waals surface area (Å²) in [7, 11) is 0. The molecule has 0 aromatic heterocycles. The van der Waals surface area contributed by atoms with Gasteiger partial charge in [-0.05, 0) is 32.1 Å². The van der Waals surface area contributed by atoms with Crippen molar-refractivity contribution in [1.82, 2.24) is 20.9 Å². The van der Waals surface area contributed by atoms with Gasteiger partial charge in [0.05, 0.1) is 19.6 Å². The lowest BCUT2D eigenvalue weighted by atomic mass is 10.0. The third-order valence-corrected chi connectivity index (χ3v) is 11.6. The summed E-state index contributed by atoms with van der Waals surface area (Å²) in [5.41, 5.74) is 10.9. The average molecular weight is 821 g/mol. The predicted octanol–water partition coefficient (Wildman–Crippen LogP) is 10.1. The molecule has 0 spiro atoms. The van der Waals surface area contributed by atoms with Crippen LogP contribution in [0.15, 0.2) is 0 Å².